The predicted molar refractivity (Wildman–Crippen MR) is 106 cm³/mol. The van der Waals surface area contributed by atoms with E-state index in [0.29, 0.717) is 24.3 Å². The van der Waals surface area contributed by atoms with Crippen LogP contribution in [0.15, 0.2) is 49.1 Å². The lowest BCUT2D eigenvalue weighted by Gasteiger charge is -2.10. The van der Waals surface area contributed by atoms with Crippen molar-refractivity contribution in [2.24, 2.45) is 0 Å². The van der Waals surface area contributed by atoms with Crippen molar-refractivity contribution in [3.05, 3.63) is 77.3 Å². The number of aryl methyl sites for hydroxylation is 1. The van der Waals surface area contributed by atoms with Gasteiger partial charge in [0.25, 0.3) is 0 Å². The number of anilines is 1. The highest BCUT2D eigenvalue weighted by Gasteiger charge is 2.11. The van der Waals surface area contributed by atoms with Gasteiger partial charge in [0.05, 0.1) is 7.11 Å². The molecule has 4 rings (SSSR count). The smallest absolute Gasteiger partial charge is 0.218 e. The first-order valence-corrected chi connectivity index (χ1v) is 8.93. The van der Waals surface area contributed by atoms with Gasteiger partial charge in [-0.25, -0.2) is 9.97 Å². The Morgan fingerprint density at radius 2 is 2.04 bits per heavy atom. The van der Waals surface area contributed by atoms with E-state index in [1.807, 2.05) is 19.3 Å². The molecule has 0 atom stereocenters. The van der Waals surface area contributed by atoms with Gasteiger partial charge in [0.1, 0.15) is 17.2 Å². The molecule has 4 aromatic heterocycles. The van der Waals surface area contributed by atoms with Crippen molar-refractivity contribution in [3.63, 3.8) is 0 Å². The van der Waals surface area contributed by atoms with E-state index in [9.17, 15) is 4.39 Å². The Morgan fingerprint density at radius 1 is 1.14 bits per heavy atom. The number of fused-ring (bicyclic) bond motifs is 1. The van der Waals surface area contributed by atoms with Gasteiger partial charge in [-0.15, -0.1) is 0 Å². The van der Waals surface area contributed by atoms with Crippen LogP contribution in [0.3, 0.4) is 0 Å². The first-order chi connectivity index (χ1) is 13.6. The maximum atomic E-state index is 14.6. The zero-order valence-corrected chi connectivity index (χ0v) is 15.7. The molecule has 0 fully saturated rings. The normalized spacial score (nSPS) is 11.0. The molecule has 142 valence electrons. The number of rotatable bonds is 6. The van der Waals surface area contributed by atoms with E-state index in [2.05, 4.69) is 31.3 Å². The number of nitrogens with one attached hydrogen (secondary N) is 2. The number of hydrogen-bond donors (Lipinski definition) is 2. The van der Waals surface area contributed by atoms with Crippen LogP contribution in [0.1, 0.15) is 22.3 Å². The highest BCUT2D eigenvalue weighted by atomic mass is 19.1. The van der Waals surface area contributed by atoms with E-state index in [-0.39, 0.29) is 0 Å². The fourth-order valence-electron chi connectivity index (χ4n) is 3.14. The Bertz CT molecular complexity index is 1120. The summed E-state index contributed by atoms with van der Waals surface area (Å²) in [6.45, 7) is 2.43. The molecule has 0 aliphatic heterocycles. The van der Waals surface area contributed by atoms with Crippen molar-refractivity contribution in [1.29, 1.82) is 0 Å². The molecule has 7 heteroatoms. The molecule has 0 aliphatic carbocycles. The molecule has 0 saturated carbocycles. The number of aromatic amines is 1. The number of methoxy groups -OCH3 is 1. The number of aromatic nitrogens is 4. The number of pyridine rings is 3. The lowest BCUT2D eigenvalue weighted by Crippen LogP contribution is -2.05. The first kappa shape index (κ1) is 17.9. The molecule has 0 amide bonds. The monoisotopic (exact) mass is 377 g/mol. The summed E-state index contributed by atoms with van der Waals surface area (Å²) < 4.78 is 19.9. The summed E-state index contributed by atoms with van der Waals surface area (Å²) in [6, 6.07) is 7.37. The third kappa shape index (κ3) is 3.64. The molecule has 6 nitrogen and oxygen atoms in total. The SMILES string of the molecule is COc1ccncc1CNc1ccc(Cc2c[nH]c3ncc(C)cc23)c(F)n1. The largest absolute Gasteiger partial charge is 0.496 e. The number of halogens is 1. The molecule has 0 spiro atoms. The third-order valence-corrected chi connectivity index (χ3v) is 4.60. The predicted octanol–water partition coefficient (Wildman–Crippen LogP) is 4.01. The van der Waals surface area contributed by atoms with E-state index in [1.54, 1.807) is 37.7 Å². The first-order valence-electron chi connectivity index (χ1n) is 8.93. The topological polar surface area (TPSA) is 75.7 Å². The maximum Gasteiger partial charge on any atom is 0.218 e. The highest BCUT2D eigenvalue weighted by Crippen LogP contribution is 2.23. The van der Waals surface area contributed by atoms with Crippen molar-refractivity contribution in [3.8, 4) is 5.75 Å². The average molecular weight is 377 g/mol. The Hall–Kier alpha value is -3.48. The quantitative estimate of drug-likeness (QED) is 0.497. The maximum absolute atomic E-state index is 14.6. The van der Waals surface area contributed by atoms with Crippen LogP contribution in [-0.4, -0.2) is 27.0 Å². The van der Waals surface area contributed by atoms with Crippen molar-refractivity contribution < 1.29 is 9.13 Å². The summed E-state index contributed by atoms with van der Waals surface area (Å²) in [5, 5.41) is 4.12. The van der Waals surface area contributed by atoms with Gasteiger partial charge in [-0.2, -0.15) is 4.39 Å². The Morgan fingerprint density at radius 3 is 2.86 bits per heavy atom. The second-order valence-electron chi connectivity index (χ2n) is 6.59. The van der Waals surface area contributed by atoms with Crippen LogP contribution in [-0.2, 0) is 13.0 Å². The van der Waals surface area contributed by atoms with Gasteiger partial charge in [0.15, 0.2) is 0 Å². The van der Waals surface area contributed by atoms with Crippen LogP contribution >= 0.6 is 0 Å². The summed E-state index contributed by atoms with van der Waals surface area (Å²) in [5.41, 5.74) is 4.27. The Balaban J connectivity index is 1.50. The second kappa shape index (κ2) is 7.64. The minimum atomic E-state index is -0.488. The van der Waals surface area contributed by atoms with Crippen molar-refractivity contribution in [1.82, 2.24) is 19.9 Å². The van der Waals surface area contributed by atoms with E-state index < -0.39 is 5.95 Å². The molecule has 0 radical (unpaired) electrons. The zero-order valence-electron chi connectivity index (χ0n) is 15.7. The van der Waals surface area contributed by atoms with E-state index in [4.69, 9.17) is 4.74 Å². The molecule has 4 aromatic rings. The number of H-pyrrole nitrogens is 1. The summed E-state index contributed by atoms with van der Waals surface area (Å²) in [5.74, 6) is 0.699. The lowest BCUT2D eigenvalue weighted by atomic mass is 10.1. The summed E-state index contributed by atoms with van der Waals surface area (Å²) in [7, 11) is 1.60. The average Bonchev–Trinajstić information content (AvgIpc) is 3.10. The molecule has 0 aliphatic rings. The minimum Gasteiger partial charge on any atom is -0.496 e. The van der Waals surface area contributed by atoms with Gasteiger partial charge in [-0.1, -0.05) is 6.07 Å². The standard InChI is InChI=1S/C21H20FN5O/c1-13-7-17-15(11-26-21(17)25-9-13)8-14-3-4-19(27-20(14)22)24-12-16-10-23-6-5-18(16)28-2/h3-7,9-11H,8,12H2,1-2H3,(H,24,27)(H,25,26). The van der Waals surface area contributed by atoms with Crippen molar-refractivity contribution in [2.45, 2.75) is 19.9 Å². The molecular weight excluding hydrogens is 357 g/mol. The van der Waals surface area contributed by atoms with Crippen LogP contribution in [0.25, 0.3) is 11.0 Å². The van der Waals surface area contributed by atoms with Gasteiger partial charge in [0, 0.05) is 54.3 Å². The molecule has 0 saturated heterocycles. The molecular formula is C21H20FN5O. The van der Waals surface area contributed by atoms with Crippen molar-refractivity contribution in [2.75, 3.05) is 12.4 Å². The third-order valence-electron chi connectivity index (χ3n) is 4.60. The molecule has 2 N–H and O–H groups in total. The Labute approximate surface area is 161 Å². The van der Waals surface area contributed by atoms with Crippen LogP contribution < -0.4 is 10.1 Å². The lowest BCUT2D eigenvalue weighted by molar-refractivity contribution is 0.409. The van der Waals surface area contributed by atoms with E-state index in [0.717, 1.165) is 33.5 Å². The number of nitrogens with zero attached hydrogens (tertiary/aromatic N) is 3. The van der Waals surface area contributed by atoms with E-state index in [1.165, 1.54) is 0 Å². The van der Waals surface area contributed by atoms with Crippen LogP contribution in [0.2, 0.25) is 0 Å². The van der Waals surface area contributed by atoms with E-state index >= 15 is 0 Å². The highest BCUT2D eigenvalue weighted by molar-refractivity contribution is 5.80. The molecule has 0 aromatic carbocycles. The number of hydrogen-bond acceptors (Lipinski definition) is 5. The fraction of sp³-hybridized carbons (Fsp3) is 0.190. The molecule has 4 heterocycles. The summed E-state index contributed by atoms with van der Waals surface area (Å²) in [4.78, 5) is 15.6. The summed E-state index contributed by atoms with van der Waals surface area (Å²) in [6.07, 6.45) is 7.50. The van der Waals surface area contributed by atoms with Crippen molar-refractivity contribution >= 4 is 16.9 Å². The van der Waals surface area contributed by atoms with Gasteiger partial charge in [0.2, 0.25) is 5.95 Å². The minimum absolute atomic E-state index is 0.441. The molecule has 28 heavy (non-hydrogen) atoms. The van der Waals surface area contributed by atoms with Gasteiger partial charge in [-0.3, -0.25) is 4.98 Å². The van der Waals surface area contributed by atoms with Crippen LogP contribution in [0.4, 0.5) is 10.2 Å². The molecule has 0 unspecified atom stereocenters. The zero-order chi connectivity index (χ0) is 19.5. The van der Waals surface area contributed by atoms with Crippen LogP contribution in [0, 0.1) is 12.9 Å². The number of ether oxygens (including phenoxy) is 1. The fourth-order valence-corrected chi connectivity index (χ4v) is 3.14. The second-order valence-corrected chi connectivity index (χ2v) is 6.59. The summed E-state index contributed by atoms with van der Waals surface area (Å²) >= 11 is 0. The van der Waals surface area contributed by atoms with Gasteiger partial charge >= 0.3 is 0 Å². The molecule has 0 bridgehead atoms. The van der Waals surface area contributed by atoms with Gasteiger partial charge in [-0.05, 0) is 36.2 Å². The van der Waals surface area contributed by atoms with Crippen LogP contribution in [0.5, 0.6) is 5.75 Å². The van der Waals surface area contributed by atoms with Gasteiger partial charge < -0.3 is 15.0 Å². The Kier molecular flexibility index (Phi) is 4.89.